The van der Waals surface area contributed by atoms with Gasteiger partial charge in [-0.05, 0) is 17.2 Å². The second-order valence-corrected chi connectivity index (χ2v) is 6.53. The van der Waals surface area contributed by atoms with Crippen molar-refractivity contribution in [2.24, 2.45) is 0 Å². The lowest BCUT2D eigenvalue weighted by molar-refractivity contribution is 1.02. The fraction of sp³-hybridized carbons (Fsp3) is 0. The number of nitrogens with zero attached hydrogens (tertiary/aromatic N) is 3. The summed E-state index contributed by atoms with van der Waals surface area (Å²) >= 11 is 2.14. The molecule has 120 valence electrons. The minimum absolute atomic E-state index is 0.687. The summed E-state index contributed by atoms with van der Waals surface area (Å²) in [6, 6.07) is 28.6. The molecule has 0 spiro atoms. The number of halogens is 1. The van der Waals surface area contributed by atoms with Crippen LogP contribution in [0.5, 0.6) is 0 Å². The number of hydrogen-bond donors (Lipinski definition) is 0. The Morgan fingerprint density at radius 1 is 0.480 bits per heavy atom. The quantitative estimate of drug-likeness (QED) is 0.401. The van der Waals surface area contributed by atoms with Gasteiger partial charge in [0.2, 0.25) is 0 Å². The average Bonchev–Trinajstić information content (AvgIpc) is 2.69. The van der Waals surface area contributed by atoms with Crippen molar-refractivity contribution < 1.29 is 0 Å². The van der Waals surface area contributed by atoms with E-state index in [-0.39, 0.29) is 0 Å². The Bertz CT molecular complexity index is 1000. The SMILES string of the molecule is Ic1nc(-c2ccccc2)nc(-c2cccc(-c3ccccc3)c2)n1. The van der Waals surface area contributed by atoms with E-state index in [0.717, 1.165) is 16.7 Å². The summed E-state index contributed by atoms with van der Waals surface area (Å²) in [6.07, 6.45) is 0. The molecular formula is C21H14IN3. The standard InChI is InChI=1S/C21H14IN3/c22-21-24-19(16-10-5-2-6-11-16)23-20(25-21)18-13-7-12-17(14-18)15-8-3-1-4-9-15/h1-14H. The van der Waals surface area contributed by atoms with Crippen molar-refractivity contribution in [3.63, 3.8) is 0 Å². The van der Waals surface area contributed by atoms with Gasteiger partial charge in [0.05, 0.1) is 0 Å². The second kappa shape index (κ2) is 7.11. The van der Waals surface area contributed by atoms with Gasteiger partial charge in [0, 0.05) is 33.7 Å². The first-order valence-electron chi connectivity index (χ1n) is 7.92. The first-order chi connectivity index (χ1) is 12.3. The van der Waals surface area contributed by atoms with Gasteiger partial charge in [0.25, 0.3) is 0 Å². The van der Waals surface area contributed by atoms with Crippen LogP contribution in [0.15, 0.2) is 84.9 Å². The molecule has 0 amide bonds. The fourth-order valence-electron chi connectivity index (χ4n) is 2.66. The maximum absolute atomic E-state index is 4.68. The van der Waals surface area contributed by atoms with Crippen molar-refractivity contribution in [2.45, 2.75) is 0 Å². The molecule has 0 bridgehead atoms. The number of aromatic nitrogens is 3. The normalized spacial score (nSPS) is 10.6. The molecule has 3 aromatic carbocycles. The highest BCUT2D eigenvalue weighted by atomic mass is 127. The second-order valence-electron chi connectivity index (χ2n) is 5.56. The van der Waals surface area contributed by atoms with Gasteiger partial charge in [0.15, 0.2) is 15.5 Å². The summed E-state index contributed by atoms with van der Waals surface area (Å²) in [5.41, 5.74) is 4.30. The molecule has 4 aromatic rings. The lowest BCUT2D eigenvalue weighted by atomic mass is 10.0. The molecular weight excluding hydrogens is 421 g/mol. The first kappa shape index (κ1) is 15.9. The van der Waals surface area contributed by atoms with E-state index in [1.165, 1.54) is 5.56 Å². The summed E-state index contributed by atoms with van der Waals surface area (Å²) in [7, 11) is 0. The molecule has 0 atom stereocenters. The predicted molar refractivity (Wildman–Crippen MR) is 109 cm³/mol. The Balaban J connectivity index is 1.79. The third-order valence-electron chi connectivity index (χ3n) is 3.87. The highest BCUT2D eigenvalue weighted by Gasteiger charge is 2.09. The Kier molecular flexibility index (Phi) is 4.52. The van der Waals surface area contributed by atoms with E-state index >= 15 is 0 Å². The van der Waals surface area contributed by atoms with Gasteiger partial charge < -0.3 is 0 Å². The summed E-state index contributed by atoms with van der Waals surface area (Å²) in [4.78, 5) is 13.7. The Morgan fingerprint density at radius 2 is 1.00 bits per heavy atom. The van der Waals surface area contributed by atoms with Crippen molar-refractivity contribution in [2.75, 3.05) is 0 Å². The van der Waals surface area contributed by atoms with E-state index in [2.05, 4.69) is 61.8 Å². The molecule has 3 nitrogen and oxygen atoms in total. The van der Waals surface area contributed by atoms with Gasteiger partial charge in [0.1, 0.15) is 0 Å². The third kappa shape index (κ3) is 3.58. The van der Waals surface area contributed by atoms with Gasteiger partial charge >= 0.3 is 0 Å². The smallest absolute Gasteiger partial charge is 0.194 e. The predicted octanol–water partition coefficient (Wildman–Crippen LogP) is 5.48. The minimum Gasteiger partial charge on any atom is -0.208 e. The molecule has 1 heterocycles. The molecule has 0 fully saturated rings. The van der Waals surface area contributed by atoms with Crippen molar-refractivity contribution in [1.29, 1.82) is 0 Å². The monoisotopic (exact) mass is 435 g/mol. The van der Waals surface area contributed by atoms with E-state index in [9.17, 15) is 0 Å². The zero-order valence-corrected chi connectivity index (χ0v) is 15.5. The van der Waals surface area contributed by atoms with Crippen LogP contribution in [0.25, 0.3) is 33.9 Å². The van der Waals surface area contributed by atoms with Crippen molar-refractivity contribution >= 4 is 22.6 Å². The van der Waals surface area contributed by atoms with E-state index in [1.54, 1.807) is 0 Å². The largest absolute Gasteiger partial charge is 0.208 e. The Morgan fingerprint density at radius 3 is 1.68 bits per heavy atom. The molecule has 0 radical (unpaired) electrons. The molecule has 0 saturated heterocycles. The fourth-order valence-corrected chi connectivity index (χ4v) is 3.12. The van der Waals surface area contributed by atoms with Crippen molar-refractivity contribution in [3.05, 3.63) is 88.8 Å². The molecule has 25 heavy (non-hydrogen) atoms. The molecule has 0 aliphatic carbocycles. The van der Waals surface area contributed by atoms with E-state index in [4.69, 9.17) is 0 Å². The van der Waals surface area contributed by atoms with Crippen LogP contribution in [0.4, 0.5) is 0 Å². The van der Waals surface area contributed by atoms with Crippen LogP contribution < -0.4 is 0 Å². The molecule has 0 saturated carbocycles. The van der Waals surface area contributed by atoms with Crippen LogP contribution in [-0.4, -0.2) is 15.0 Å². The Hall–Kier alpha value is -2.60. The van der Waals surface area contributed by atoms with Crippen LogP contribution in [-0.2, 0) is 0 Å². The maximum Gasteiger partial charge on any atom is 0.194 e. The number of rotatable bonds is 3. The van der Waals surface area contributed by atoms with Gasteiger partial charge in [-0.3, -0.25) is 0 Å². The zero-order chi connectivity index (χ0) is 17.1. The topological polar surface area (TPSA) is 38.7 Å². The highest BCUT2D eigenvalue weighted by Crippen LogP contribution is 2.26. The molecule has 1 aromatic heterocycles. The number of benzene rings is 3. The summed E-state index contributed by atoms with van der Waals surface area (Å²) in [5.74, 6) is 1.39. The van der Waals surface area contributed by atoms with Crippen molar-refractivity contribution in [1.82, 2.24) is 15.0 Å². The van der Waals surface area contributed by atoms with E-state index in [0.29, 0.717) is 15.5 Å². The third-order valence-corrected chi connectivity index (χ3v) is 4.35. The Labute approximate surface area is 160 Å². The summed E-state index contributed by atoms with van der Waals surface area (Å²) in [6.45, 7) is 0. The van der Waals surface area contributed by atoms with Gasteiger partial charge in [-0.15, -0.1) is 0 Å². The lowest BCUT2D eigenvalue weighted by Crippen LogP contribution is -1.99. The molecule has 0 unspecified atom stereocenters. The zero-order valence-electron chi connectivity index (χ0n) is 13.3. The van der Waals surface area contributed by atoms with Crippen LogP contribution in [0.3, 0.4) is 0 Å². The molecule has 0 aliphatic rings. The summed E-state index contributed by atoms with van der Waals surface area (Å²) < 4.78 is 0.687. The van der Waals surface area contributed by atoms with E-state index < -0.39 is 0 Å². The van der Waals surface area contributed by atoms with Gasteiger partial charge in [-0.1, -0.05) is 78.9 Å². The number of hydrogen-bond acceptors (Lipinski definition) is 3. The highest BCUT2D eigenvalue weighted by molar-refractivity contribution is 14.1. The van der Waals surface area contributed by atoms with Crippen molar-refractivity contribution in [3.8, 4) is 33.9 Å². The van der Waals surface area contributed by atoms with Crippen LogP contribution in [0, 0.1) is 3.83 Å². The molecule has 4 rings (SSSR count). The first-order valence-corrected chi connectivity index (χ1v) is 9.00. The minimum atomic E-state index is 0.687. The molecule has 4 heteroatoms. The van der Waals surface area contributed by atoms with Crippen LogP contribution in [0.2, 0.25) is 0 Å². The maximum atomic E-state index is 4.68. The van der Waals surface area contributed by atoms with Gasteiger partial charge in [-0.2, -0.15) is 0 Å². The van der Waals surface area contributed by atoms with Crippen LogP contribution in [0.1, 0.15) is 0 Å². The molecule has 0 N–H and O–H groups in total. The van der Waals surface area contributed by atoms with Gasteiger partial charge in [-0.25, -0.2) is 15.0 Å². The summed E-state index contributed by atoms with van der Waals surface area (Å²) in [5, 5.41) is 0. The van der Waals surface area contributed by atoms with Crippen LogP contribution >= 0.6 is 22.6 Å². The lowest BCUT2D eigenvalue weighted by Gasteiger charge is -2.07. The average molecular weight is 435 g/mol. The molecule has 0 aliphatic heterocycles. The van der Waals surface area contributed by atoms with E-state index in [1.807, 2.05) is 60.7 Å².